The van der Waals surface area contributed by atoms with Crippen LogP contribution in [0.1, 0.15) is 10.5 Å². The molecule has 3 aromatic rings. The Hall–Kier alpha value is -2.53. The number of carbonyl (C=O) groups excluding carboxylic acids is 1. The molecule has 0 unspecified atom stereocenters. The van der Waals surface area contributed by atoms with E-state index in [1.54, 1.807) is 6.07 Å². The summed E-state index contributed by atoms with van der Waals surface area (Å²) in [5.74, 6) is -0.444. The number of rotatable bonds is 2. The molecule has 5 nitrogen and oxygen atoms in total. The molecule has 2 aromatic carbocycles. The van der Waals surface area contributed by atoms with Crippen molar-refractivity contribution in [3.63, 3.8) is 0 Å². The molecule has 1 amide bonds. The first-order chi connectivity index (χ1) is 9.65. The number of amides is 1. The zero-order chi connectivity index (χ0) is 14.1. The Bertz CT molecular complexity index is 798. The average molecular weight is 288 g/mol. The quantitative estimate of drug-likeness (QED) is 0.677. The van der Waals surface area contributed by atoms with Crippen molar-refractivity contribution in [3.8, 4) is 5.75 Å². The maximum atomic E-state index is 12.2. The number of aromatic hydroxyl groups is 1. The van der Waals surface area contributed by atoms with E-state index < -0.39 is 0 Å². The predicted octanol–water partition coefficient (Wildman–Crippen LogP) is 3.17. The normalized spacial score (nSPS) is 10.7. The number of halogens is 1. The van der Waals surface area contributed by atoms with E-state index in [4.69, 9.17) is 11.6 Å². The molecule has 0 bridgehead atoms. The molecular formula is C14H10ClN3O2. The summed E-state index contributed by atoms with van der Waals surface area (Å²) >= 11 is 5.71. The summed E-state index contributed by atoms with van der Waals surface area (Å²) in [6.07, 6.45) is 0. The van der Waals surface area contributed by atoms with E-state index in [-0.39, 0.29) is 16.7 Å². The summed E-state index contributed by atoms with van der Waals surface area (Å²) in [5, 5.41) is 19.9. The number of nitrogens with zero attached hydrogens (tertiary/aromatic N) is 1. The third-order valence-corrected chi connectivity index (χ3v) is 3.21. The standard InChI is InChI=1S/C14H10ClN3O2/c15-10-6-5-8(7-12(10)19)16-14(20)13-9-3-1-2-4-11(9)17-18-13/h1-7,19H,(H,16,20)(H,17,18). The molecule has 1 heterocycles. The fourth-order valence-corrected chi connectivity index (χ4v) is 2.03. The largest absolute Gasteiger partial charge is 0.506 e. The number of hydrogen-bond donors (Lipinski definition) is 3. The highest BCUT2D eigenvalue weighted by atomic mass is 35.5. The van der Waals surface area contributed by atoms with E-state index in [0.717, 1.165) is 10.9 Å². The first kappa shape index (κ1) is 12.5. The van der Waals surface area contributed by atoms with E-state index in [0.29, 0.717) is 11.4 Å². The van der Waals surface area contributed by atoms with Crippen molar-refractivity contribution >= 4 is 34.1 Å². The minimum absolute atomic E-state index is 0.0867. The van der Waals surface area contributed by atoms with Gasteiger partial charge < -0.3 is 10.4 Å². The van der Waals surface area contributed by atoms with Gasteiger partial charge in [-0.3, -0.25) is 9.89 Å². The minimum atomic E-state index is -0.357. The van der Waals surface area contributed by atoms with E-state index in [1.165, 1.54) is 12.1 Å². The number of benzene rings is 2. The van der Waals surface area contributed by atoms with Gasteiger partial charge in [-0.1, -0.05) is 29.8 Å². The molecule has 1 aromatic heterocycles. The van der Waals surface area contributed by atoms with Crippen molar-refractivity contribution < 1.29 is 9.90 Å². The number of phenolic OH excluding ortho intramolecular Hbond substituents is 1. The molecule has 20 heavy (non-hydrogen) atoms. The van der Waals surface area contributed by atoms with Crippen LogP contribution in [0.15, 0.2) is 42.5 Å². The SMILES string of the molecule is O=C(Nc1ccc(Cl)c(O)c1)c1n[nH]c2ccccc12. The number of para-hydroxylation sites is 1. The lowest BCUT2D eigenvalue weighted by Gasteiger charge is -2.05. The van der Waals surface area contributed by atoms with Crippen molar-refractivity contribution in [1.29, 1.82) is 0 Å². The van der Waals surface area contributed by atoms with E-state index in [2.05, 4.69) is 15.5 Å². The van der Waals surface area contributed by atoms with Gasteiger partial charge in [-0.2, -0.15) is 5.10 Å². The number of nitrogens with one attached hydrogen (secondary N) is 2. The van der Waals surface area contributed by atoms with Gasteiger partial charge in [-0.15, -0.1) is 0 Å². The maximum absolute atomic E-state index is 12.2. The van der Waals surface area contributed by atoms with Crippen LogP contribution in [-0.2, 0) is 0 Å². The van der Waals surface area contributed by atoms with Crippen molar-refractivity contribution in [2.45, 2.75) is 0 Å². The fourth-order valence-electron chi connectivity index (χ4n) is 1.92. The molecule has 0 radical (unpaired) electrons. The van der Waals surface area contributed by atoms with E-state index >= 15 is 0 Å². The first-order valence-corrected chi connectivity index (χ1v) is 6.26. The molecule has 0 aliphatic rings. The summed E-state index contributed by atoms with van der Waals surface area (Å²) in [5.41, 5.74) is 1.54. The van der Waals surface area contributed by atoms with E-state index in [1.807, 2.05) is 24.3 Å². The van der Waals surface area contributed by atoms with Gasteiger partial charge in [0.15, 0.2) is 5.69 Å². The molecule has 0 saturated heterocycles. The van der Waals surface area contributed by atoms with Gasteiger partial charge >= 0.3 is 0 Å². The Balaban J connectivity index is 1.91. The number of hydrogen-bond acceptors (Lipinski definition) is 3. The highest BCUT2D eigenvalue weighted by Gasteiger charge is 2.14. The Labute approximate surface area is 119 Å². The molecule has 6 heteroatoms. The van der Waals surface area contributed by atoms with Crippen LogP contribution in [-0.4, -0.2) is 21.2 Å². The number of phenols is 1. The zero-order valence-corrected chi connectivity index (χ0v) is 11.0. The first-order valence-electron chi connectivity index (χ1n) is 5.88. The van der Waals surface area contributed by atoms with Gasteiger partial charge in [0.1, 0.15) is 5.75 Å². The monoisotopic (exact) mass is 287 g/mol. The van der Waals surface area contributed by atoms with Gasteiger partial charge in [0.05, 0.1) is 10.5 Å². The molecule has 0 fully saturated rings. The van der Waals surface area contributed by atoms with E-state index in [9.17, 15) is 9.90 Å². The second-order valence-electron chi connectivity index (χ2n) is 4.24. The fraction of sp³-hybridized carbons (Fsp3) is 0. The molecule has 0 aliphatic carbocycles. The van der Waals surface area contributed by atoms with Gasteiger partial charge in [-0.25, -0.2) is 0 Å². The Morgan fingerprint density at radius 2 is 2.05 bits per heavy atom. The molecular weight excluding hydrogens is 278 g/mol. The Morgan fingerprint density at radius 3 is 2.85 bits per heavy atom. The summed E-state index contributed by atoms with van der Waals surface area (Å²) < 4.78 is 0. The number of aromatic amines is 1. The average Bonchev–Trinajstić information content (AvgIpc) is 2.87. The van der Waals surface area contributed by atoms with Crippen molar-refractivity contribution in [3.05, 3.63) is 53.2 Å². The van der Waals surface area contributed by atoms with Crippen molar-refractivity contribution in [1.82, 2.24) is 10.2 Å². The van der Waals surface area contributed by atoms with Crippen LogP contribution in [0.2, 0.25) is 5.02 Å². The summed E-state index contributed by atoms with van der Waals surface area (Å²) in [6.45, 7) is 0. The molecule has 3 rings (SSSR count). The van der Waals surface area contributed by atoms with Crippen LogP contribution in [0.25, 0.3) is 10.9 Å². The third kappa shape index (κ3) is 2.19. The Morgan fingerprint density at radius 1 is 1.25 bits per heavy atom. The molecule has 3 N–H and O–H groups in total. The highest BCUT2D eigenvalue weighted by molar-refractivity contribution is 6.32. The van der Waals surface area contributed by atoms with Crippen molar-refractivity contribution in [2.75, 3.05) is 5.32 Å². The predicted molar refractivity (Wildman–Crippen MR) is 77.2 cm³/mol. The second-order valence-corrected chi connectivity index (χ2v) is 4.65. The van der Waals surface area contributed by atoms with Crippen LogP contribution >= 0.6 is 11.6 Å². The van der Waals surface area contributed by atoms with Gasteiger partial charge in [0.2, 0.25) is 0 Å². The lowest BCUT2D eigenvalue weighted by atomic mass is 10.2. The highest BCUT2D eigenvalue weighted by Crippen LogP contribution is 2.26. The summed E-state index contributed by atoms with van der Waals surface area (Å²) in [4.78, 5) is 12.2. The van der Waals surface area contributed by atoms with Crippen molar-refractivity contribution in [2.24, 2.45) is 0 Å². The van der Waals surface area contributed by atoms with Gasteiger partial charge in [-0.05, 0) is 18.2 Å². The van der Waals surface area contributed by atoms with Crippen LogP contribution in [0.4, 0.5) is 5.69 Å². The number of carbonyl (C=O) groups is 1. The lowest BCUT2D eigenvalue weighted by molar-refractivity contribution is 0.102. The molecule has 0 spiro atoms. The molecule has 0 aliphatic heterocycles. The third-order valence-electron chi connectivity index (χ3n) is 2.89. The number of H-pyrrole nitrogens is 1. The zero-order valence-electron chi connectivity index (χ0n) is 10.2. The lowest BCUT2D eigenvalue weighted by Crippen LogP contribution is -2.12. The Kier molecular flexibility index (Phi) is 3.04. The van der Waals surface area contributed by atoms with Crippen LogP contribution in [0, 0.1) is 0 Å². The second kappa shape index (κ2) is 4.86. The maximum Gasteiger partial charge on any atom is 0.276 e. The van der Waals surface area contributed by atoms with Crippen LogP contribution in [0.5, 0.6) is 5.75 Å². The number of fused-ring (bicyclic) bond motifs is 1. The molecule has 0 saturated carbocycles. The summed E-state index contributed by atoms with van der Waals surface area (Å²) in [6, 6.07) is 11.8. The summed E-state index contributed by atoms with van der Waals surface area (Å²) in [7, 11) is 0. The van der Waals surface area contributed by atoms with Gasteiger partial charge in [0, 0.05) is 17.1 Å². The number of aromatic nitrogens is 2. The minimum Gasteiger partial charge on any atom is -0.506 e. The van der Waals surface area contributed by atoms with Crippen LogP contribution in [0.3, 0.4) is 0 Å². The molecule has 0 atom stereocenters. The van der Waals surface area contributed by atoms with Gasteiger partial charge in [0.25, 0.3) is 5.91 Å². The topological polar surface area (TPSA) is 78.0 Å². The smallest absolute Gasteiger partial charge is 0.276 e. The number of anilines is 1. The molecule has 100 valence electrons. The van der Waals surface area contributed by atoms with Crippen LogP contribution < -0.4 is 5.32 Å².